The molecule has 1 rings (SSSR count). The summed E-state index contributed by atoms with van der Waals surface area (Å²) in [6.07, 6.45) is 0. The monoisotopic (exact) mass is 238 g/mol. The molecule has 0 atom stereocenters. The minimum atomic E-state index is -3.63. The molecular weight excluding hydrogens is 231 g/mol. The van der Waals surface area contributed by atoms with Crippen molar-refractivity contribution in [1.82, 2.24) is 0 Å². The van der Waals surface area contributed by atoms with Crippen LogP contribution in [0.5, 0.6) is 0 Å². The third-order valence-electron chi connectivity index (χ3n) is 0.607. The van der Waals surface area contributed by atoms with Crippen molar-refractivity contribution in [2.45, 2.75) is 0 Å². The van der Waals surface area contributed by atoms with Gasteiger partial charge >= 0.3 is 17.1 Å². The first kappa shape index (κ1) is 17.8. The van der Waals surface area contributed by atoms with Gasteiger partial charge in [-0.05, 0) is 0 Å². The Morgan fingerprint density at radius 3 is 1.50 bits per heavy atom. The van der Waals surface area contributed by atoms with Gasteiger partial charge in [0.1, 0.15) is 0 Å². The molecule has 0 aliphatic carbocycles. The molecule has 1 aromatic carbocycles. The van der Waals surface area contributed by atoms with Gasteiger partial charge < -0.3 is 19.8 Å². The SMILES string of the molecule is O.O=[PH]([O-])[O-].[Cu+2].[c-]1ccccc1. The van der Waals surface area contributed by atoms with Crippen molar-refractivity contribution in [2.24, 2.45) is 0 Å². The van der Waals surface area contributed by atoms with Crippen molar-refractivity contribution in [3.63, 3.8) is 0 Å². The van der Waals surface area contributed by atoms with Gasteiger partial charge in [0.05, 0.1) is 0 Å². The van der Waals surface area contributed by atoms with Crippen LogP contribution in [-0.4, -0.2) is 5.48 Å². The van der Waals surface area contributed by atoms with Crippen LogP contribution < -0.4 is 9.79 Å². The van der Waals surface area contributed by atoms with Crippen LogP contribution >= 0.6 is 8.25 Å². The van der Waals surface area contributed by atoms with E-state index in [-0.39, 0.29) is 22.5 Å². The van der Waals surface area contributed by atoms with Crippen LogP contribution in [0.3, 0.4) is 0 Å². The third-order valence-corrected chi connectivity index (χ3v) is 0.607. The maximum atomic E-state index is 8.52. The van der Waals surface area contributed by atoms with Gasteiger partial charge in [-0.1, -0.05) is 8.25 Å². The molecule has 0 bridgehead atoms. The Morgan fingerprint density at radius 1 is 1.08 bits per heavy atom. The first-order valence-electron chi connectivity index (χ1n) is 2.52. The maximum Gasteiger partial charge on any atom is 2.00 e. The van der Waals surface area contributed by atoms with Crippen LogP contribution in [0.15, 0.2) is 30.3 Å². The van der Waals surface area contributed by atoms with Crippen molar-refractivity contribution >= 4 is 8.25 Å². The quantitative estimate of drug-likeness (QED) is 0.321. The van der Waals surface area contributed by atoms with E-state index in [4.69, 9.17) is 14.4 Å². The molecule has 0 amide bonds. The summed E-state index contributed by atoms with van der Waals surface area (Å²) in [5.74, 6) is 0. The fourth-order valence-corrected chi connectivity index (χ4v) is 0.342. The van der Waals surface area contributed by atoms with Gasteiger partial charge in [-0.25, -0.2) is 0 Å². The van der Waals surface area contributed by atoms with Gasteiger partial charge in [-0.2, -0.15) is 36.4 Å². The Kier molecular flexibility index (Phi) is 19.9. The Bertz CT molecular complexity index is 151. The third kappa shape index (κ3) is 22.5. The molecule has 12 heavy (non-hydrogen) atoms. The van der Waals surface area contributed by atoms with Crippen molar-refractivity contribution in [3.05, 3.63) is 36.4 Å². The van der Waals surface area contributed by atoms with Gasteiger partial charge in [0.25, 0.3) is 0 Å². The topological polar surface area (TPSA) is 94.7 Å². The standard InChI is InChI=1S/C6H5.Cu.H3O3P.H2O/c1-2-4-6-5-3-1;;1-4(2)3;/h1-5H;;4H,(H2,1,2,3);1H2/q-1;+2;;/p-2. The van der Waals surface area contributed by atoms with Crippen LogP contribution in [0, 0.1) is 6.07 Å². The van der Waals surface area contributed by atoms with Crippen molar-refractivity contribution < 1.29 is 36.9 Å². The molecule has 1 radical (unpaired) electrons. The van der Waals surface area contributed by atoms with Crippen LogP contribution in [0.4, 0.5) is 0 Å². The van der Waals surface area contributed by atoms with Gasteiger partial charge in [0.2, 0.25) is 0 Å². The molecule has 4 nitrogen and oxygen atoms in total. The fourth-order valence-electron chi connectivity index (χ4n) is 0.342. The van der Waals surface area contributed by atoms with E-state index in [9.17, 15) is 0 Å². The number of hydrogen-bond donors (Lipinski definition) is 0. The summed E-state index contributed by atoms with van der Waals surface area (Å²) in [4.78, 5) is 17.0. The van der Waals surface area contributed by atoms with E-state index in [1.54, 1.807) is 0 Å². The van der Waals surface area contributed by atoms with E-state index in [1.165, 1.54) is 0 Å². The molecule has 0 fully saturated rings. The average Bonchev–Trinajstić information content (AvgIpc) is 1.90. The Hall–Kier alpha value is -0.151. The number of benzene rings is 1. The summed E-state index contributed by atoms with van der Waals surface area (Å²) in [5, 5.41) is 0. The molecule has 6 heteroatoms. The van der Waals surface area contributed by atoms with Gasteiger partial charge in [0.15, 0.2) is 0 Å². The summed E-state index contributed by atoms with van der Waals surface area (Å²) in [6.45, 7) is 0. The Labute approximate surface area is 82.0 Å². The molecule has 73 valence electrons. The molecule has 0 heterocycles. The summed E-state index contributed by atoms with van der Waals surface area (Å²) >= 11 is 0. The van der Waals surface area contributed by atoms with Crippen LogP contribution in [0.2, 0.25) is 0 Å². The second-order valence-electron chi connectivity index (χ2n) is 1.33. The molecular formula is C6H8CuO4P-. The molecule has 2 N–H and O–H groups in total. The summed E-state index contributed by atoms with van der Waals surface area (Å²) < 4.78 is 8.52. The molecule has 0 aliphatic heterocycles. The minimum absolute atomic E-state index is 0. The van der Waals surface area contributed by atoms with Crippen molar-refractivity contribution in [2.75, 3.05) is 0 Å². The summed E-state index contributed by atoms with van der Waals surface area (Å²) in [5.41, 5.74) is 0. The number of rotatable bonds is 0. The predicted molar refractivity (Wildman–Crippen MR) is 37.9 cm³/mol. The van der Waals surface area contributed by atoms with E-state index < -0.39 is 8.25 Å². The van der Waals surface area contributed by atoms with E-state index in [2.05, 4.69) is 6.07 Å². The molecule has 0 aromatic heterocycles. The smallest absolute Gasteiger partial charge is 0.813 e. The zero-order valence-corrected chi connectivity index (χ0v) is 7.85. The van der Waals surface area contributed by atoms with E-state index >= 15 is 0 Å². The van der Waals surface area contributed by atoms with Crippen molar-refractivity contribution in [3.8, 4) is 0 Å². The Morgan fingerprint density at radius 2 is 1.42 bits per heavy atom. The zero-order valence-electron chi connectivity index (χ0n) is 5.91. The maximum absolute atomic E-state index is 8.52. The second kappa shape index (κ2) is 13.4. The summed E-state index contributed by atoms with van der Waals surface area (Å²) in [7, 11) is -3.63. The summed E-state index contributed by atoms with van der Waals surface area (Å²) in [6, 6.07) is 12.5. The van der Waals surface area contributed by atoms with Gasteiger partial charge in [-0.15, -0.1) is 0 Å². The second-order valence-corrected chi connectivity index (χ2v) is 1.83. The normalized spacial score (nSPS) is 6.92. The van der Waals surface area contributed by atoms with Gasteiger partial charge in [0, 0.05) is 0 Å². The fraction of sp³-hybridized carbons (Fsp3) is 0. The molecule has 0 unspecified atom stereocenters. The molecule has 0 spiro atoms. The van der Waals surface area contributed by atoms with E-state index in [0.29, 0.717) is 0 Å². The molecule has 0 saturated heterocycles. The molecule has 0 saturated carbocycles. The van der Waals surface area contributed by atoms with Crippen LogP contribution in [0.25, 0.3) is 0 Å². The van der Waals surface area contributed by atoms with E-state index in [0.717, 1.165) is 0 Å². The van der Waals surface area contributed by atoms with E-state index in [1.807, 2.05) is 30.3 Å². The van der Waals surface area contributed by atoms with Crippen LogP contribution in [0.1, 0.15) is 0 Å². The number of hydrogen-bond acceptors (Lipinski definition) is 3. The van der Waals surface area contributed by atoms with Crippen molar-refractivity contribution in [1.29, 1.82) is 0 Å². The van der Waals surface area contributed by atoms with Gasteiger partial charge in [-0.3, -0.25) is 0 Å². The minimum Gasteiger partial charge on any atom is -0.813 e. The Balaban J connectivity index is -0.000000124. The first-order chi connectivity index (χ1) is 4.73. The zero-order chi connectivity index (χ0) is 7.82. The first-order valence-corrected chi connectivity index (χ1v) is 3.75. The van der Waals surface area contributed by atoms with Crippen LogP contribution in [-0.2, 0) is 21.6 Å². The largest absolute Gasteiger partial charge is 2.00 e. The molecule has 1 aromatic rings. The molecule has 0 aliphatic rings. The predicted octanol–water partition coefficient (Wildman–Crippen LogP) is -1.24. The average molecular weight is 239 g/mol.